The second-order valence-corrected chi connectivity index (χ2v) is 5.24. The Morgan fingerprint density at radius 1 is 1.35 bits per heavy atom. The molecule has 5 nitrogen and oxygen atoms in total. The van der Waals surface area contributed by atoms with Gasteiger partial charge in [0.15, 0.2) is 5.82 Å². The van der Waals surface area contributed by atoms with Gasteiger partial charge in [-0.1, -0.05) is 12.1 Å². The van der Waals surface area contributed by atoms with E-state index in [9.17, 15) is 4.39 Å². The van der Waals surface area contributed by atoms with Gasteiger partial charge in [0.25, 0.3) is 0 Å². The lowest BCUT2D eigenvalue weighted by atomic mass is 10.1. The summed E-state index contributed by atoms with van der Waals surface area (Å²) in [4.78, 5) is 6.49. The molecule has 2 aromatic rings. The van der Waals surface area contributed by atoms with Crippen LogP contribution in [-0.2, 0) is 0 Å². The van der Waals surface area contributed by atoms with Crippen molar-refractivity contribution in [1.82, 2.24) is 15.2 Å². The zero-order chi connectivity index (χ0) is 14.1. The number of hydrogen-bond acceptors (Lipinski definition) is 4. The van der Waals surface area contributed by atoms with Crippen molar-refractivity contribution >= 4 is 5.95 Å². The average Bonchev–Trinajstić information content (AvgIpc) is 2.92. The predicted octanol–water partition coefficient (Wildman–Crippen LogP) is 1.85. The Labute approximate surface area is 117 Å². The number of halogens is 1. The summed E-state index contributed by atoms with van der Waals surface area (Å²) in [5, 5.41) is 7.02. The molecule has 1 saturated heterocycles. The molecule has 0 spiro atoms. The standard InChI is InChI=1S/C14H18FN5/c1-9-3-2-4-11(12(9)15)13-17-14(19-18-13)20-7-5-10(16)6-8-20/h2-4,10H,5-8,16H2,1H3,(H,17,18,19). The largest absolute Gasteiger partial charge is 0.339 e. The Hall–Kier alpha value is -1.95. The number of aromatic nitrogens is 3. The number of aryl methyl sites for hydroxylation is 1. The van der Waals surface area contributed by atoms with Crippen LogP contribution in [0, 0.1) is 12.7 Å². The van der Waals surface area contributed by atoms with E-state index in [-0.39, 0.29) is 11.9 Å². The maximum atomic E-state index is 14.1. The molecule has 20 heavy (non-hydrogen) atoms. The van der Waals surface area contributed by atoms with E-state index in [0.29, 0.717) is 22.9 Å². The van der Waals surface area contributed by atoms with Crippen LogP contribution >= 0.6 is 0 Å². The maximum absolute atomic E-state index is 14.1. The molecule has 1 aromatic heterocycles. The van der Waals surface area contributed by atoms with Crippen molar-refractivity contribution in [2.45, 2.75) is 25.8 Å². The summed E-state index contributed by atoms with van der Waals surface area (Å²) in [6.45, 7) is 3.42. The number of benzene rings is 1. The lowest BCUT2D eigenvalue weighted by Gasteiger charge is -2.28. The zero-order valence-corrected chi connectivity index (χ0v) is 11.4. The van der Waals surface area contributed by atoms with Gasteiger partial charge in [0.1, 0.15) is 5.82 Å². The summed E-state index contributed by atoms with van der Waals surface area (Å²) in [5.41, 5.74) is 6.94. The predicted molar refractivity (Wildman–Crippen MR) is 75.9 cm³/mol. The van der Waals surface area contributed by atoms with Gasteiger partial charge < -0.3 is 10.6 Å². The third-order valence-corrected chi connectivity index (χ3v) is 3.74. The molecule has 1 aromatic carbocycles. The van der Waals surface area contributed by atoms with Crippen molar-refractivity contribution in [2.24, 2.45) is 5.73 Å². The fourth-order valence-electron chi connectivity index (χ4n) is 2.44. The Kier molecular flexibility index (Phi) is 3.40. The Morgan fingerprint density at radius 2 is 2.10 bits per heavy atom. The summed E-state index contributed by atoms with van der Waals surface area (Å²) in [6, 6.07) is 5.52. The van der Waals surface area contributed by atoms with Gasteiger partial charge in [-0.2, -0.15) is 4.98 Å². The number of anilines is 1. The van der Waals surface area contributed by atoms with Gasteiger partial charge >= 0.3 is 0 Å². The first-order chi connectivity index (χ1) is 9.65. The normalized spacial score (nSPS) is 16.6. The molecular weight excluding hydrogens is 257 g/mol. The Balaban J connectivity index is 1.85. The van der Waals surface area contributed by atoms with Crippen LogP contribution in [0.25, 0.3) is 11.4 Å². The summed E-state index contributed by atoms with van der Waals surface area (Å²) >= 11 is 0. The number of nitrogens with one attached hydrogen (secondary N) is 1. The third kappa shape index (κ3) is 2.38. The Bertz CT molecular complexity index is 601. The third-order valence-electron chi connectivity index (χ3n) is 3.74. The molecule has 0 atom stereocenters. The lowest BCUT2D eigenvalue weighted by Crippen LogP contribution is -2.40. The van der Waals surface area contributed by atoms with E-state index in [0.717, 1.165) is 25.9 Å². The molecule has 0 saturated carbocycles. The summed E-state index contributed by atoms with van der Waals surface area (Å²) in [7, 11) is 0. The Morgan fingerprint density at radius 3 is 2.85 bits per heavy atom. The van der Waals surface area contributed by atoms with E-state index >= 15 is 0 Å². The highest BCUT2D eigenvalue weighted by Gasteiger charge is 2.20. The van der Waals surface area contributed by atoms with E-state index in [1.54, 1.807) is 19.1 Å². The molecule has 6 heteroatoms. The smallest absolute Gasteiger partial charge is 0.245 e. The first-order valence-corrected chi connectivity index (χ1v) is 6.83. The summed E-state index contributed by atoms with van der Waals surface area (Å²) < 4.78 is 14.1. The maximum Gasteiger partial charge on any atom is 0.245 e. The van der Waals surface area contributed by atoms with Crippen LogP contribution in [0.2, 0.25) is 0 Å². The minimum atomic E-state index is -0.254. The number of H-pyrrole nitrogens is 1. The number of nitrogens with zero attached hydrogens (tertiary/aromatic N) is 3. The van der Waals surface area contributed by atoms with E-state index in [2.05, 4.69) is 20.1 Å². The van der Waals surface area contributed by atoms with Gasteiger partial charge in [-0.25, -0.2) is 4.39 Å². The number of aromatic amines is 1. The van der Waals surface area contributed by atoms with Gasteiger partial charge in [0.2, 0.25) is 5.95 Å². The van der Waals surface area contributed by atoms with E-state index in [1.807, 2.05) is 6.07 Å². The number of piperidine rings is 1. The molecular formula is C14H18FN5. The van der Waals surface area contributed by atoms with Gasteiger partial charge in [-0.3, -0.25) is 5.10 Å². The van der Waals surface area contributed by atoms with Crippen molar-refractivity contribution in [3.63, 3.8) is 0 Å². The first-order valence-electron chi connectivity index (χ1n) is 6.83. The molecule has 0 unspecified atom stereocenters. The molecule has 0 bridgehead atoms. The SMILES string of the molecule is Cc1cccc(-c2nc(N3CCC(N)CC3)n[nH]2)c1F. The van der Waals surface area contributed by atoms with E-state index in [1.165, 1.54) is 0 Å². The molecule has 0 radical (unpaired) electrons. The number of hydrogen-bond donors (Lipinski definition) is 2. The van der Waals surface area contributed by atoms with Gasteiger partial charge in [-0.15, -0.1) is 5.10 Å². The van der Waals surface area contributed by atoms with Crippen LogP contribution in [0.1, 0.15) is 18.4 Å². The molecule has 3 N–H and O–H groups in total. The van der Waals surface area contributed by atoms with Crippen LogP contribution in [0.3, 0.4) is 0 Å². The molecule has 1 aliphatic heterocycles. The van der Waals surface area contributed by atoms with Crippen molar-refractivity contribution in [3.8, 4) is 11.4 Å². The zero-order valence-electron chi connectivity index (χ0n) is 11.4. The van der Waals surface area contributed by atoms with Crippen LogP contribution in [0.5, 0.6) is 0 Å². The van der Waals surface area contributed by atoms with Crippen molar-refractivity contribution in [1.29, 1.82) is 0 Å². The molecule has 1 fully saturated rings. The summed E-state index contributed by atoms with van der Waals surface area (Å²) in [5.74, 6) is 0.833. The number of rotatable bonds is 2. The molecule has 2 heterocycles. The quantitative estimate of drug-likeness (QED) is 0.877. The van der Waals surface area contributed by atoms with Crippen LogP contribution in [0.4, 0.5) is 10.3 Å². The van der Waals surface area contributed by atoms with Crippen LogP contribution < -0.4 is 10.6 Å². The second kappa shape index (κ2) is 5.20. The minimum Gasteiger partial charge on any atom is -0.339 e. The highest BCUT2D eigenvalue weighted by atomic mass is 19.1. The van der Waals surface area contributed by atoms with Crippen molar-refractivity contribution in [3.05, 3.63) is 29.6 Å². The summed E-state index contributed by atoms with van der Waals surface area (Å²) in [6.07, 6.45) is 1.87. The fraction of sp³-hybridized carbons (Fsp3) is 0.429. The number of nitrogens with two attached hydrogens (primary N) is 1. The molecule has 3 rings (SSSR count). The minimum absolute atomic E-state index is 0.254. The molecule has 0 aliphatic carbocycles. The molecule has 0 amide bonds. The van der Waals surface area contributed by atoms with Gasteiger partial charge in [0, 0.05) is 19.1 Å². The molecule has 106 valence electrons. The molecule has 1 aliphatic rings. The van der Waals surface area contributed by atoms with Crippen molar-refractivity contribution < 1.29 is 4.39 Å². The van der Waals surface area contributed by atoms with E-state index in [4.69, 9.17) is 5.73 Å². The first kappa shape index (κ1) is 13.1. The van der Waals surface area contributed by atoms with Gasteiger partial charge in [0.05, 0.1) is 5.56 Å². The van der Waals surface area contributed by atoms with Crippen LogP contribution in [0.15, 0.2) is 18.2 Å². The highest BCUT2D eigenvalue weighted by Crippen LogP contribution is 2.24. The average molecular weight is 275 g/mol. The van der Waals surface area contributed by atoms with E-state index < -0.39 is 0 Å². The van der Waals surface area contributed by atoms with Gasteiger partial charge in [-0.05, 0) is 31.4 Å². The van der Waals surface area contributed by atoms with Crippen LogP contribution in [-0.4, -0.2) is 34.3 Å². The monoisotopic (exact) mass is 275 g/mol. The second-order valence-electron chi connectivity index (χ2n) is 5.24. The lowest BCUT2D eigenvalue weighted by molar-refractivity contribution is 0.496. The van der Waals surface area contributed by atoms with Crippen molar-refractivity contribution in [2.75, 3.05) is 18.0 Å². The fourth-order valence-corrected chi connectivity index (χ4v) is 2.44. The topological polar surface area (TPSA) is 70.8 Å². The highest BCUT2D eigenvalue weighted by molar-refractivity contribution is 5.58.